The number of aromatic nitrogens is 7. The molecule has 3 aromatic heterocycles. The lowest BCUT2D eigenvalue weighted by Crippen LogP contribution is -2.22. The molecule has 0 aromatic carbocycles. The van der Waals surface area contributed by atoms with Crippen molar-refractivity contribution >= 4 is 0 Å². The Morgan fingerprint density at radius 3 is 3.16 bits per heavy atom. The number of hydrogen-bond donors (Lipinski definition) is 1. The van der Waals surface area contributed by atoms with Gasteiger partial charge in [0.25, 0.3) is 0 Å². The first-order valence-corrected chi connectivity index (χ1v) is 5.26. The lowest BCUT2D eigenvalue weighted by molar-refractivity contribution is 0.240. The second-order valence-corrected chi connectivity index (χ2v) is 3.59. The molecule has 0 amide bonds. The first-order valence-electron chi connectivity index (χ1n) is 5.70. The molecule has 0 aliphatic heterocycles. The Balaban J connectivity index is 1.83. The lowest BCUT2D eigenvalue weighted by Gasteiger charge is -2.00. The molecule has 10 nitrogen and oxygen atoms in total. The topological polar surface area (TPSA) is 117 Å². The van der Waals surface area contributed by atoms with E-state index in [1.165, 1.54) is 25.5 Å². The lowest BCUT2D eigenvalue weighted by atomic mass is 10.4. The van der Waals surface area contributed by atoms with Gasteiger partial charge in [0.15, 0.2) is 13.8 Å². The highest BCUT2D eigenvalue weighted by Gasteiger charge is 2.16. The Kier molecular flexibility index (Phi) is 2.33. The molecule has 1 N–H and O–H groups in total. The standard InChI is InChI=1S/C9H9N7O3/c1-15-9(17)16(14-13-15)6-4-11-19-7(6)5-18-8-2-3-10-12-8/h2-4H,5H2,1H3,(H,10,12)/i/hT. The molecular formula is C9H9N7O3. The molecule has 98 valence electrons. The van der Waals surface area contributed by atoms with Crippen LogP contribution < -0.4 is 10.4 Å². The van der Waals surface area contributed by atoms with Gasteiger partial charge in [-0.15, -0.1) is 5.10 Å². The molecule has 0 saturated carbocycles. The summed E-state index contributed by atoms with van der Waals surface area (Å²) in [7, 11) is 1.48. The average molecular weight is 265 g/mol. The van der Waals surface area contributed by atoms with Crippen LogP contribution in [-0.4, -0.2) is 35.1 Å². The Labute approximate surface area is 107 Å². The highest BCUT2D eigenvalue weighted by Crippen LogP contribution is 2.13. The van der Waals surface area contributed by atoms with Crippen LogP contribution in [0, 0.1) is 0 Å². The third kappa shape index (κ3) is 1.99. The molecule has 0 aliphatic carbocycles. The molecule has 10 heteroatoms. The van der Waals surface area contributed by atoms with E-state index in [1.807, 2.05) is 0 Å². The summed E-state index contributed by atoms with van der Waals surface area (Å²) in [5.74, 6) is 0.556. The number of nitrogens with zero attached hydrogens (tertiary/aromatic N) is 6. The van der Waals surface area contributed by atoms with E-state index in [1.54, 1.807) is 0 Å². The minimum Gasteiger partial charge on any atom is -0.468 e. The maximum Gasteiger partial charge on any atom is 0.368 e. The third-order valence-electron chi connectivity index (χ3n) is 2.36. The van der Waals surface area contributed by atoms with Crippen LogP contribution in [0.4, 0.5) is 0 Å². The number of ether oxygens (including phenoxy) is 1. The van der Waals surface area contributed by atoms with E-state index in [-0.39, 0.29) is 12.5 Å². The van der Waals surface area contributed by atoms with Gasteiger partial charge in [-0.2, -0.15) is 9.36 Å². The Morgan fingerprint density at radius 2 is 2.47 bits per heavy atom. The van der Waals surface area contributed by atoms with Crippen molar-refractivity contribution in [3.8, 4) is 11.6 Å². The highest BCUT2D eigenvalue weighted by atomic mass is 16.5. The van der Waals surface area contributed by atoms with Gasteiger partial charge >= 0.3 is 5.69 Å². The van der Waals surface area contributed by atoms with Gasteiger partial charge in [0.1, 0.15) is 5.69 Å². The summed E-state index contributed by atoms with van der Waals surface area (Å²) in [4.78, 5) is 11.7. The number of rotatable bonds is 4. The van der Waals surface area contributed by atoms with Crippen LogP contribution in [0.3, 0.4) is 0 Å². The Bertz CT molecular complexity index is 785. The van der Waals surface area contributed by atoms with Crippen LogP contribution in [0.5, 0.6) is 5.88 Å². The van der Waals surface area contributed by atoms with Crippen LogP contribution in [0.15, 0.2) is 27.8 Å². The third-order valence-corrected chi connectivity index (χ3v) is 2.36. The second kappa shape index (κ2) is 4.40. The van der Waals surface area contributed by atoms with Crippen molar-refractivity contribution in [2.75, 3.05) is 0 Å². The zero-order chi connectivity index (χ0) is 14.1. The average Bonchev–Trinajstić information content (AvgIpc) is 3.11. The fourth-order valence-corrected chi connectivity index (χ4v) is 1.43. The summed E-state index contributed by atoms with van der Waals surface area (Å²) in [6.45, 7) is -0.00460. The molecule has 3 aromatic rings. The van der Waals surface area contributed by atoms with Gasteiger partial charge in [-0.05, 0) is 10.4 Å². The summed E-state index contributed by atoms with van der Waals surface area (Å²) in [6.07, 6.45) is 2.77. The van der Waals surface area contributed by atoms with E-state index in [2.05, 4.69) is 20.7 Å². The summed E-state index contributed by atoms with van der Waals surface area (Å²) in [5.41, 5.74) is -0.0849. The van der Waals surface area contributed by atoms with Gasteiger partial charge in [-0.1, -0.05) is 5.16 Å². The maximum atomic E-state index is 11.7. The first-order chi connectivity index (χ1) is 9.65. The molecule has 0 fully saturated rings. The molecule has 0 unspecified atom stereocenters. The van der Waals surface area contributed by atoms with E-state index < -0.39 is 5.69 Å². The molecule has 0 bridgehead atoms. The molecule has 0 saturated heterocycles. The predicted molar refractivity (Wildman–Crippen MR) is 59.6 cm³/mol. The summed E-state index contributed by atoms with van der Waals surface area (Å²) in [6, 6.07) is 1.53. The van der Waals surface area contributed by atoms with E-state index in [0.717, 1.165) is 14.5 Å². The number of hydrogen-bond acceptors (Lipinski definition) is 7. The van der Waals surface area contributed by atoms with Gasteiger partial charge in [0, 0.05) is 19.3 Å². The smallest absolute Gasteiger partial charge is 0.368 e. The van der Waals surface area contributed by atoms with E-state index in [4.69, 9.17) is 10.7 Å². The minimum absolute atomic E-state index is 0.00460. The molecule has 0 spiro atoms. The summed E-state index contributed by atoms with van der Waals surface area (Å²) < 4.78 is 19.7. The molecule has 3 heterocycles. The van der Waals surface area contributed by atoms with Crippen LogP contribution in [0.2, 0.25) is 1.41 Å². The van der Waals surface area contributed by atoms with Gasteiger partial charge in [0.2, 0.25) is 5.88 Å². The van der Waals surface area contributed by atoms with Crippen LogP contribution >= 0.6 is 0 Å². The maximum absolute atomic E-state index is 11.7. The zero-order valence-electron chi connectivity index (χ0n) is 10.8. The molecule has 0 radical (unpaired) electrons. The van der Waals surface area contributed by atoms with Crippen LogP contribution in [0.1, 0.15) is 5.76 Å². The number of aromatic amines is 1. The van der Waals surface area contributed by atoms with Crippen molar-refractivity contribution in [2.45, 2.75) is 6.61 Å². The Hall–Kier alpha value is -2.91. The molecule has 19 heavy (non-hydrogen) atoms. The monoisotopic (exact) mass is 265 g/mol. The van der Waals surface area contributed by atoms with E-state index >= 15 is 0 Å². The van der Waals surface area contributed by atoms with Crippen LogP contribution in [-0.2, 0) is 13.7 Å². The quantitative estimate of drug-likeness (QED) is 0.659. The largest absolute Gasteiger partial charge is 0.468 e. The van der Waals surface area contributed by atoms with Gasteiger partial charge < -0.3 is 9.26 Å². The zero-order valence-corrected chi connectivity index (χ0v) is 9.79. The molecule has 0 aliphatic rings. The van der Waals surface area contributed by atoms with E-state index in [9.17, 15) is 4.79 Å². The first kappa shape index (κ1) is 10.1. The number of H-pyrrole nitrogens is 1. The Morgan fingerprint density at radius 1 is 1.58 bits per heavy atom. The fourth-order valence-electron chi connectivity index (χ4n) is 1.43. The van der Waals surface area contributed by atoms with Gasteiger partial charge in [0.05, 0.1) is 6.20 Å². The second-order valence-electron chi connectivity index (χ2n) is 3.59. The predicted octanol–water partition coefficient (Wildman–Crippen LogP) is -0.744. The minimum atomic E-state index is -0.426. The van der Waals surface area contributed by atoms with Crippen molar-refractivity contribution in [1.82, 2.24) is 35.1 Å². The number of aryl methyl sites for hydroxylation is 1. The van der Waals surface area contributed by atoms with Crippen molar-refractivity contribution < 1.29 is 10.7 Å². The van der Waals surface area contributed by atoms with Crippen molar-refractivity contribution in [2.24, 2.45) is 7.05 Å². The molecule has 3 rings (SSSR count). The van der Waals surface area contributed by atoms with Crippen molar-refractivity contribution in [3.05, 3.63) is 34.7 Å². The summed E-state index contributed by atoms with van der Waals surface area (Å²) in [5, 5.41) is 15.5. The van der Waals surface area contributed by atoms with Crippen molar-refractivity contribution in [3.63, 3.8) is 0 Å². The fraction of sp³-hybridized carbons (Fsp3) is 0.222. The normalized spacial score (nSPS) is 11.5. The number of nitrogens with one attached hydrogen (secondary N) is 1. The number of tetrazole rings is 1. The van der Waals surface area contributed by atoms with Crippen molar-refractivity contribution in [1.29, 1.82) is 0 Å². The summed E-state index contributed by atoms with van der Waals surface area (Å²) >= 11 is 0. The van der Waals surface area contributed by atoms with Gasteiger partial charge in [-0.25, -0.2) is 4.79 Å². The van der Waals surface area contributed by atoms with Gasteiger partial charge in [-0.3, -0.25) is 5.09 Å². The van der Waals surface area contributed by atoms with E-state index in [0.29, 0.717) is 11.4 Å². The molecule has 0 atom stereocenters. The molecular weight excluding hydrogens is 254 g/mol. The van der Waals surface area contributed by atoms with Crippen LogP contribution in [0.25, 0.3) is 5.69 Å². The SMILES string of the molecule is [3H]n1ccc(OCc2oncc2-n2nnn(C)c2=O)n1. The highest BCUT2D eigenvalue weighted by molar-refractivity contribution is 5.29.